The number of benzene rings is 1. The highest BCUT2D eigenvalue weighted by molar-refractivity contribution is 6.33. The van der Waals surface area contributed by atoms with Crippen molar-refractivity contribution in [1.29, 1.82) is 0 Å². The van der Waals surface area contributed by atoms with Gasteiger partial charge in [-0.3, -0.25) is 4.98 Å². The minimum atomic E-state index is 0.500. The molecular weight excluding hydrogens is 292 g/mol. The van der Waals surface area contributed by atoms with Gasteiger partial charge in [0, 0.05) is 31.1 Å². The lowest BCUT2D eigenvalue weighted by molar-refractivity contribution is 0.369. The molecule has 0 radical (unpaired) electrons. The first kappa shape index (κ1) is 15.3. The van der Waals surface area contributed by atoms with Gasteiger partial charge in [0.15, 0.2) is 0 Å². The zero-order valence-electron chi connectivity index (χ0n) is 12.1. The van der Waals surface area contributed by atoms with Crippen LogP contribution in [0.5, 0.6) is 17.2 Å². The highest BCUT2D eigenvalue weighted by Gasteiger charge is 2.13. The normalized spacial score (nSPS) is 10.1. The molecule has 1 heterocycles. The molecule has 112 valence electrons. The lowest BCUT2D eigenvalue weighted by Crippen LogP contribution is -2.05. The van der Waals surface area contributed by atoms with E-state index in [1.807, 2.05) is 18.2 Å². The average Bonchev–Trinajstić information content (AvgIpc) is 2.53. The minimum Gasteiger partial charge on any atom is -0.496 e. The Balaban J connectivity index is 2.28. The lowest BCUT2D eigenvalue weighted by atomic mass is 10.1. The first-order chi connectivity index (χ1) is 10.2. The molecule has 0 bridgehead atoms. The van der Waals surface area contributed by atoms with E-state index in [1.54, 1.807) is 33.7 Å². The molecule has 0 saturated carbocycles. The molecule has 0 spiro atoms. The van der Waals surface area contributed by atoms with Crippen molar-refractivity contribution >= 4 is 17.3 Å². The quantitative estimate of drug-likeness (QED) is 0.886. The van der Waals surface area contributed by atoms with Crippen LogP contribution in [0.3, 0.4) is 0 Å². The Morgan fingerprint density at radius 3 is 2.29 bits per heavy atom. The van der Waals surface area contributed by atoms with Crippen LogP contribution in [0.1, 0.15) is 5.56 Å². The molecule has 2 rings (SSSR count). The van der Waals surface area contributed by atoms with E-state index in [1.165, 1.54) is 0 Å². The van der Waals surface area contributed by atoms with E-state index >= 15 is 0 Å². The predicted molar refractivity (Wildman–Crippen MR) is 82.7 cm³/mol. The van der Waals surface area contributed by atoms with Gasteiger partial charge in [-0.25, -0.2) is 0 Å². The predicted octanol–water partition coefficient (Wildman–Crippen LogP) is 3.37. The summed E-state index contributed by atoms with van der Waals surface area (Å²) in [6.45, 7) is 0.500. The van der Waals surface area contributed by atoms with E-state index in [2.05, 4.69) is 10.3 Å². The number of nitrogens with one attached hydrogen (secondary N) is 1. The van der Waals surface area contributed by atoms with Crippen LogP contribution in [0.2, 0.25) is 5.02 Å². The van der Waals surface area contributed by atoms with E-state index < -0.39 is 0 Å². The Bertz CT molecular complexity index is 595. The zero-order valence-corrected chi connectivity index (χ0v) is 12.9. The molecule has 1 N–H and O–H groups in total. The Hall–Kier alpha value is -2.14. The molecule has 2 aromatic rings. The maximum Gasteiger partial charge on any atom is 0.131 e. The van der Waals surface area contributed by atoms with Gasteiger partial charge in [-0.2, -0.15) is 0 Å². The number of anilines is 1. The molecule has 6 heteroatoms. The van der Waals surface area contributed by atoms with Crippen LogP contribution in [-0.4, -0.2) is 26.3 Å². The summed E-state index contributed by atoms with van der Waals surface area (Å²) >= 11 is 6.08. The molecule has 5 nitrogen and oxygen atoms in total. The molecule has 0 amide bonds. The fraction of sp³-hybridized carbons (Fsp3) is 0.267. The van der Waals surface area contributed by atoms with Crippen LogP contribution < -0.4 is 19.5 Å². The second-order valence-electron chi connectivity index (χ2n) is 4.22. The largest absolute Gasteiger partial charge is 0.496 e. The van der Waals surface area contributed by atoms with Gasteiger partial charge in [0.25, 0.3) is 0 Å². The lowest BCUT2D eigenvalue weighted by Gasteiger charge is -2.16. The van der Waals surface area contributed by atoms with Crippen LogP contribution in [-0.2, 0) is 6.54 Å². The fourth-order valence-electron chi connectivity index (χ4n) is 1.95. The van der Waals surface area contributed by atoms with Gasteiger partial charge >= 0.3 is 0 Å². The Morgan fingerprint density at radius 1 is 1.10 bits per heavy atom. The molecule has 0 aliphatic heterocycles. The summed E-state index contributed by atoms with van der Waals surface area (Å²) in [7, 11) is 4.82. The first-order valence-corrected chi connectivity index (χ1v) is 6.69. The summed E-state index contributed by atoms with van der Waals surface area (Å²) in [6.07, 6.45) is 3.27. The van der Waals surface area contributed by atoms with Crippen molar-refractivity contribution in [3.05, 3.63) is 41.2 Å². The standard InChI is InChI=1S/C15H17ClN2O3/c1-19-10-6-14(20-2)11(15(7-10)21-3)8-18-13-4-5-17-9-12(13)16/h4-7,9H,8H2,1-3H3,(H,17,18). The van der Waals surface area contributed by atoms with Crippen LogP contribution in [0.25, 0.3) is 0 Å². The second-order valence-corrected chi connectivity index (χ2v) is 4.63. The van der Waals surface area contributed by atoms with Crippen molar-refractivity contribution < 1.29 is 14.2 Å². The van der Waals surface area contributed by atoms with Gasteiger partial charge in [0.1, 0.15) is 17.2 Å². The topological polar surface area (TPSA) is 52.6 Å². The summed E-state index contributed by atoms with van der Waals surface area (Å²) in [5.41, 5.74) is 1.68. The van der Waals surface area contributed by atoms with E-state index in [9.17, 15) is 0 Å². The highest BCUT2D eigenvalue weighted by Crippen LogP contribution is 2.34. The molecular formula is C15H17ClN2O3. The molecule has 1 aromatic carbocycles. The zero-order chi connectivity index (χ0) is 15.2. The highest BCUT2D eigenvalue weighted by atomic mass is 35.5. The molecule has 21 heavy (non-hydrogen) atoms. The van der Waals surface area contributed by atoms with Crippen molar-refractivity contribution in [3.63, 3.8) is 0 Å². The number of halogens is 1. The Morgan fingerprint density at radius 2 is 1.76 bits per heavy atom. The van der Waals surface area contributed by atoms with Crippen LogP contribution in [0, 0.1) is 0 Å². The third-order valence-corrected chi connectivity index (χ3v) is 3.35. The number of rotatable bonds is 6. The van der Waals surface area contributed by atoms with Gasteiger partial charge in [-0.05, 0) is 6.07 Å². The fourth-order valence-corrected chi connectivity index (χ4v) is 2.14. The van der Waals surface area contributed by atoms with E-state index in [-0.39, 0.29) is 0 Å². The van der Waals surface area contributed by atoms with Gasteiger partial charge in [-0.15, -0.1) is 0 Å². The van der Waals surface area contributed by atoms with Crippen molar-refractivity contribution in [2.45, 2.75) is 6.54 Å². The van der Waals surface area contributed by atoms with Crippen molar-refractivity contribution in [2.24, 2.45) is 0 Å². The van der Waals surface area contributed by atoms with E-state index in [0.29, 0.717) is 28.8 Å². The average molecular weight is 309 g/mol. The van der Waals surface area contributed by atoms with Crippen LogP contribution >= 0.6 is 11.6 Å². The van der Waals surface area contributed by atoms with E-state index in [4.69, 9.17) is 25.8 Å². The molecule has 0 aliphatic carbocycles. The molecule has 0 unspecified atom stereocenters. The summed E-state index contributed by atoms with van der Waals surface area (Å²) in [6, 6.07) is 5.44. The maximum atomic E-state index is 6.08. The number of aromatic nitrogens is 1. The summed E-state index contributed by atoms with van der Waals surface area (Å²) < 4.78 is 16.0. The Labute approximate surface area is 128 Å². The van der Waals surface area contributed by atoms with Gasteiger partial charge < -0.3 is 19.5 Å². The number of hydrogen-bond acceptors (Lipinski definition) is 5. The van der Waals surface area contributed by atoms with Crippen molar-refractivity contribution in [2.75, 3.05) is 26.6 Å². The SMILES string of the molecule is COc1cc(OC)c(CNc2ccncc2Cl)c(OC)c1. The Kier molecular flexibility index (Phi) is 5.11. The maximum absolute atomic E-state index is 6.08. The van der Waals surface area contributed by atoms with Gasteiger partial charge in [0.2, 0.25) is 0 Å². The number of hydrogen-bond donors (Lipinski definition) is 1. The van der Waals surface area contributed by atoms with Crippen LogP contribution in [0.15, 0.2) is 30.6 Å². The van der Waals surface area contributed by atoms with E-state index in [0.717, 1.165) is 11.3 Å². The molecule has 0 saturated heterocycles. The second kappa shape index (κ2) is 7.04. The minimum absolute atomic E-state index is 0.500. The number of nitrogens with zero attached hydrogens (tertiary/aromatic N) is 1. The third kappa shape index (κ3) is 3.49. The molecule has 0 aliphatic rings. The summed E-state index contributed by atoms with van der Waals surface area (Å²) in [4.78, 5) is 3.95. The third-order valence-electron chi connectivity index (χ3n) is 3.05. The summed E-state index contributed by atoms with van der Waals surface area (Å²) in [5, 5.41) is 3.80. The smallest absolute Gasteiger partial charge is 0.131 e. The molecule has 0 fully saturated rings. The summed E-state index contributed by atoms with van der Waals surface area (Å²) in [5.74, 6) is 2.04. The monoisotopic (exact) mass is 308 g/mol. The van der Waals surface area contributed by atoms with Crippen molar-refractivity contribution in [3.8, 4) is 17.2 Å². The van der Waals surface area contributed by atoms with Gasteiger partial charge in [-0.1, -0.05) is 11.6 Å². The van der Waals surface area contributed by atoms with Crippen molar-refractivity contribution in [1.82, 2.24) is 4.98 Å². The van der Waals surface area contributed by atoms with Gasteiger partial charge in [0.05, 0.1) is 37.6 Å². The molecule has 0 atom stereocenters. The number of ether oxygens (including phenoxy) is 3. The number of pyridine rings is 1. The first-order valence-electron chi connectivity index (χ1n) is 6.31. The van der Waals surface area contributed by atoms with Crippen LogP contribution in [0.4, 0.5) is 5.69 Å². The molecule has 1 aromatic heterocycles. The number of methoxy groups -OCH3 is 3.